The number of rotatable bonds is 1. The molecule has 0 aliphatic heterocycles. The Morgan fingerprint density at radius 1 is 1.36 bits per heavy atom. The van der Waals surface area contributed by atoms with Gasteiger partial charge < -0.3 is 0 Å². The van der Waals surface area contributed by atoms with Gasteiger partial charge >= 0.3 is 0 Å². The van der Waals surface area contributed by atoms with Crippen molar-refractivity contribution in [2.75, 3.05) is 0 Å². The van der Waals surface area contributed by atoms with Crippen LogP contribution in [0, 0.1) is 0 Å². The largest absolute Gasteiger partial charge is 0.243 e. The van der Waals surface area contributed by atoms with Gasteiger partial charge in [0, 0.05) is 0 Å². The molecule has 3 rings (SSSR count). The van der Waals surface area contributed by atoms with E-state index in [1.54, 1.807) is 22.7 Å². The maximum atomic E-state index is 4.50. The summed E-state index contributed by atoms with van der Waals surface area (Å²) in [6.07, 6.45) is 0. The summed E-state index contributed by atoms with van der Waals surface area (Å²) in [4.78, 5) is 8.87. The maximum absolute atomic E-state index is 4.50. The topological polar surface area (TPSA) is 25.8 Å². The van der Waals surface area contributed by atoms with Gasteiger partial charge in [-0.3, -0.25) is 0 Å². The van der Waals surface area contributed by atoms with E-state index in [9.17, 15) is 0 Å². The molecule has 1 aromatic carbocycles. The van der Waals surface area contributed by atoms with Crippen LogP contribution in [0.15, 0.2) is 17.6 Å². The fraction of sp³-hybridized carbons (Fsp3) is 0.111. The van der Waals surface area contributed by atoms with Crippen LogP contribution in [0.2, 0.25) is 0 Å². The van der Waals surface area contributed by atoms with Gasteiger partial charge in [-0.05, 0) is 12.1 Å². The van der Waals surface area contributed by atoms with E-state index in [-0.39, 0.29) is 0 Å². The summed E-state index contributed by atoms with van der Waals surface area (Å²) in [7, 11) is 0. The molecule has 2 nitrogen and oxygen atoms in total. The van der Waals surface area contributed by atoms with Crippen molar-refractivity contribution in [2.45, 2.75) is 5.33 Å². The van der Waals surface area contributed by atoms with E-state index in [0.29, 0.717) is 0 Å². The number of fused-ring (bicyclic) bond motifs is 3. The Bertz CT molecular complexity index is 599. The lowest BCUT2D eigenvalue weighted by atomic mass is 10.3. The fourth-order valence-electron chi connectivity index (χ4n) is 1.42. The third kappa shape index (κ3) is 1.20. The molecule has 3 aromatic rings. The lowest BCUT2D eigenvalue weighted by Crippen LogP contribution is -1.71. The minimum Gasteiger partial charge on any atom is -0.243 e. The second kappa shape index (κ2) is 3.25. The Labute approximate surface area is 96.7 Å². The summed E-state index contributed by atoms with van der Waals surface area (Å²) in [5.41, 5.74) is 4.04. The van der Waals surface area contributed by atoms with E-state index < -0.39 is 0 Å². The molecule has 70 valence electrons. The Morgan fingerprint density at radius 2 is 2.29 bits per heavy atom. The molecule has 2 aromatic heterocycles. The van der Waals surface area contributed by atoms with E-state index in [4.69, 9.17) is 0 Å². The number of thiazole rings is 2. The van der Waals surface area contributed by atoms with E-state index in [2.05, 4.69) is 38.0 Å². The van der Waals surface area contributed by atoms with Crippen LogP contribution < -0.4 is 0 Å². The summed E-state index contributed by atoms with van der Waals surface area (Å²) >= 11 is 6.81. The normalized spacial score (nSPS) is 11.5. The Balaban J connectivity index is 2.49. The zero-order valence-corrected chi connectivity index (χ0v) is 10.2. The average molecular weight is 285 g/mol. The first-order valence-corrected chi connectivity index (χ1v) is 6.88. The molecule has 0 fully saturated rings. The van der Waals surface area contributed by atoms with Crippen molar-refractivity contribution in [3.63, 3.8) is 0 Å². The van der Waals surface area contributed by atoms with Crippen molar-refractivity contribution in [1.82, 2.24) is 9.97 Å². The third-order valence-corrected chi connectivity index (χ3v) is 4.79. The number of hydrogen-bond acceptors (Lipinski definition) is 4. The molecule has 0 aliphatic rings. The van der Waals surface area contributed by atoms with Crippen molar-refractivity contribution in [2.24, 2.45) is 0 Å². The molecule has 0 atom stereocenters. The first-order chi connectivity index (χ1) is 6.88. The number of aromatic nitrogens is 2. The molecule has 2 heterocycles. The zero-order valence-electron chi connectivity index (χ0n) is 7.03. The highest BCUT2D eigenvalue weighted by Crippen LogP contribution is 2.31. The fourth-order valence-corrected chi connectivity index (χ4v) is 3.55. The molecule has 0 radical (unpaired) electrons. The van der Waals surface area contributed by atoms with E-state index in [1.165, 1.54) is 9.40 Å². The third-order valence-electron chi connectivity index (χ3n) is 2.01. The van der Waals surface area contributed by atoms with Gasteiger partial charge in [0.2, 0.25) is 0 Å². The molecule has 0 saturated heterocycles. The molecular formula is C9H5BrN2S2. The first kappa shape index (κ1) is 8.76. The number of halogens is 1. The summed E-state index contributed by atoms with van der Waals surface area (Å²) in [5.74, 6) is 0. The molecule has 0 saturated carbocycles. The number of benzene rings is 1. The van der Waals surface area contributed by atoms with Crippen molar-refractivity contribution in [3.8, 4) is 0 Å². The molecule has 0 spiro atoms. The number of alkyl halides is 1. The Morgan fingerprint density at radius 3 is 3.14 bits per heavy atom. The van der Waals surface area contributed by atoms with Crippen LogP contribution in [-0.4, -0.2) is 9.97 Å². The highest BCUT2D eigenvalue weighted by Gasteiger charge is 2.07. The predicted octanol–water partition coefficient (Wildman–Crippen LogP) is 3.80. The zero-order chi connectivity index (χ0) is 9.54. The molecule has 0 unspecified atom stereocenters. The van der Waals surface area contributed by atoms with E-state index in [1.807, 2.05) is 5.51 Å². The Hall–Kier alpha value is -0.520. The van der Waals surface area contributed by atoms with Crippen molar-refractivity contribution < 1.29 is 0 Å². The first-order valence-electron chi connectivity index (χ1n) is 4.06. The van der Waals surface area contributed by atoms with Gasteiger partial charge in [0.05, 0.1) is 25.8 Å². The van der Waals surface area contributed by atoms with Crippen molar-refractivity contribution >= 4 is 59.0 Å². The molecule has 5 heteroatoms. The molecule has 0 aliphatic carbocycles. The Kier molecular flexibility index (Phi) is 2.04. The van der Waals surface area contributed by atoms with Crippen molar-refractivity contribution in [3.05, 3.63) is 22.7 Å². The van der Waals surface area contributed by atoms with Gasteiger partial charge in [-0.25, -0.2) is 9.97 Å². The van der Waals surface area contributed by atoms with Crippen molar-refractivity contribution in [1.29, 1.82) is 0 Å². The van der Waals surface area contributed by atoms with E-state index in [0.717, 1.165) is 21.4 Å². The smallest absolute Gasteiger partial charge is 0.104 e. The maximum Gasteiger partial charge on any atom is 0.104 e. The quantitative estimate of drug-likeness (QED) is 0.635. The SMILES string of the molecule is BrCc1nc2ccc3scnc3c2s1. The van der Waals surface area contributed by atoms with Crippen LogP contribution in [0.3, 0.4) is 0 Å². The van der Waals surface area contributed by atoms with Gasteiger partial charge in [-0.2, -0.15) is 0 Å². The average Bonchev–Trinajstić information content (AvgIpc) is 2.82. The van der Waals surface area contributed by atoms with Crippen LogP contribution >= 0.6 is 38.6 Å². The van der Waals surface area contributed by atoms with Gasteiger partial charge in [-0.1, -0.05) is 15.9 Å². The van der Waals surface area contributed by atoms with Crippen LogP contribution in [-0.2, 0) is 5.33 Å². The standard InChI is InChI=1S/C9H5BrN2S2/c10-3-7-12-5-1-2-6-8(9(5)14-7)11-4-13-6/h1-2,4H,3H2. The minimum atomic E-state index is 0.817. The lowest BCUT2D eigenvalue weighted by Gasteiger charge is -1.87. The summed E-state index contributed by atoms with van der Waals surface area (Å²) in [6.45, 7) is 0. The van der Waals surface area contributed by atoms with Crippen LogP contribution in [0.5, 0.6) is 0 Å². The van der Waals surface area contributed by atoms with Gasteiger partial charge in [0.25, 0.3) is 0 Å². The van der Waals surface area contributed by atoms with Gasteiger partial charge in [0.1, 0.15) is 10.5 Å². The highest BCUT2D eigenvalue weighted by molar-refractivity contribution is 9.08. The van der Waals surface area contributed by atoms with E-state index >= 15 is 0 Å². The molecule has 0 amide bonds. The van der Waals surface area contributed by atoms with Crippen LogP contribution in [0.1, 0.15) is 5.01 Å². The predicted molar refractivity (Wildman–Crippen MR) is 65.4 cm³/mol. The summed E-state index contributed by atoms with van der Waals surface area (Å²) in [5, 5.41) is 1.93. The molecule has 14 heavy (non-hydrogen) atoms. The van der Waals surface area contributed by atoms with Crippen LogP contribution in [0.4, 0.5) is 0 Å². The number of hydrogen-bond donors (Lipinski definition) is 0. The summed E-state index contributed by atoms with van der Waals surface area (Å²) < 4.78 is 2.44. The summed E-state index contributed by atoms with van der Waals surface area (Å²) in [6, 6.07) is 4.16. The second-order valence-corrected chi connectivity index (χ2v) is 5.38. The minimum absolute atomic E-state index is 0.817. The lowest BCUT2D eigenvalue weighted by molar-refractivity contribution is 1.32. The van der Waals surface area contributed by atoms with Crippen LogP contribution in [0.25, 0.3) is 20.4 Å². The second-order valence-electron chi connectivity index (χ2n) is 2.85. The molecular weight excluding hydrogens is 280 g/mol. The molecule has 0 N–H and O–H groups in total. The highest BCUT2D eigenvalue weighted by atomic mass is 79.9. The van der Waals surface area contributed by atoms with Gasteiger partial charge in [0.15, 0.2) is 0 Å². The monoisotopic (exact) mass is 284 g/mol. The molecule has 0 bridgehead atoms. The van der Waals surface area contributed by atoms with Gasteiger partial charge in [-0.15, -0.1) is 22.7 Å². The number of nitrogens with zero attached hydrogens (tertiary/aromatic N) is 2.